The summed E-state index contributed by atoms with van der Waals surface area (Å²) in [6.45, 7) is 0.282. The topological polar surface area (TPSA) is 63.6 Å². The molecule has 0 unspecified atom stereocenters. The minimum absolute atomic E-state index is 0. The quantitative estimate of drug-likeness (QED) is 0.467. The van der Waals surface area contributed by atoms with Crippen LogP contribution >= 0.6 is 0 Å². The maximum absolute atomic E-state index is 10.3. The van der Waals surface area contributed by atoms with E-state index in [1.165, 1.54) is 0 Å². The third-order valence-corrected chi connectivity index (χ3v) is 2.36. The van der Waals surface area contributed by atoms with Gasteiger partial charge in [-0.15, -0.1) is 0 Å². The second kappa shape index (κ2) is 7.24. The summed E-state index contributed by atoms with van der Waals surface area (Å²) < 4.78 is 34.3. The van der Waals surface area contributed by atoms with Crippen LogP contribution in [0.3, 0.4) is 0 Å². The minimum atomic E-state index is -3.86. The fourth-order valence-electron chi connectivity index (χ4n) is 0.948. The number of rotatable bonds is 5. The number of hydrogen-bond donors (Lipinski definition) is 1. The Kier molecular flexibility index (Phi) is 7.21. The van der Waals surface area contributed by atoms with Gasteiger partial charge in [-0.2, -0.15) is 8.42 Å². The molecule has 80 valence electrons. The number of benzene rings is 1. The molecule has 6 heteroatoms. The summed E-state index contributed by atoms with van der Waals surface area (Å²) in [4.78, 5) is 0. The van der Waals surface area contributed by atoms with Crippen molar-refractivity contribution in [3.8, 4) is 5.75 Å². The van der Waals surface area contributed by atoms with Crippen LogP contribution in [-0.4, -0.2) is 54.9 Å². The first kappa shape index (κ1) is 14.9. The summed E-state index contributed by atoms with van der Waals surface area (Å²) in [5, 5.41) is 0. The molecule has 0 amide bonds. The molecule has 0 aliphatic carbocycles. The Labute approximate surface area is 112 Å². The van der Waals surface area contributed by atoms with E-state index in [9.17, 15) is 8.42 Å². The summed E-state index contributed by atoms with van der Waals surface area (Å²) in [6.07, 6.45) is 0.285. The van der Waals surface area contributed by atoms with Gasteiger partial charge >= 0.3 is 29.6 Å². The third-order valence-electron chi connectivity index (χ3n) is 1.56. The van der Waals surface area contributed by atoms with Crippen molar-refractivity contribution < 1.29 is 17.7 Å². The van der Waals surface area contributed by atoms with Gasteiger partial charge in [-0.05, 0) is 18.6 Å². The molecule has 0 saturated heterocycles. The Balaban J connectivity index is 0.00000196. The summed E-state index contributed by atoms with van der Waals surface area (Å²) in [5.74, 6) is 0.433. The molecule has 0 bridgehead atoms. The van der Waals surface area contributed by atoms with Crippen LogP contribution in [0.5, 0.6) is 5.75 Å². The van der Waals surface area contributed by atoms with Crippen LogP contribution in [0.2, 0.25) is 0 Å². The average molecular weight is 240 g/mol. The van der Waals surface area contributed by atoms with E-state index in [-0.39, 0.29) is 48.3 Å². The zero-order chi connectivity index (χ0) is 10.4. The number of hydrogen-bond acceptors (Lipinski definition) is 3. The number of ether oxygens (including phenoxy) is 1. The van der Waals surface area contributed by atoms with Crippen molar-refractivity contribution in [1.82, 2.24) is 0 Å². The Hall–Kier alpha value is -0.0700. The van der Waals surface area contributed by atoms with Crippen LogP contribution in [0, 0.1) is 0 Å². The van der Waals surface area contributed by atoms with Crippen molar-refractivity contribution >= 4 is 39.7 Å². The molecule has 1 aromatic carbocycles. The molecule has 1 rings (SSSR count). The van der Waals surface area contributed by atoms with Crippen LogP contribution < -0.4 is 4.74 Å². The van der Waals surface area contributed by atoms with Crippen LogP contribution in [0.15, 0.2) is 30.3 Å². The molecule has 15 heavy (non-hydrogen) atoms. The van der Waals surface area contributed by atoms with Crippen molar-refractivity contribution in [2.24, 2.45) is 0 Å². The predicted molar refractivity (Wildman–Crippen MR) is 60.1 cm³/mol. The molecule has 0 heterocycles. The van der Waals surface area contributed by atoms with E-state index in [1.54, 1.807) is 12.1 Å². The van der Waals surface area contributed by atoms with Gasteiger partial charge in [0, 0.05) is 0 Å². The molecule has 4 nitrogen and oxygen atoms in total. The van der Waals surface area contributed by atoms with Gasteiger partial charge in [0.05, 0.1) is 12.4 Å². The molecule has 0 saturated carbocycles. The summed E-state index contributed by atoms with van der Waals surface area (Å²) in [7, 11) is -3.86. The fourth-order valence-corrected chi connectivity index (χ4v) is 1.43. The SMILES string of the molecule is O=S(=O)(O)CCCOc1ccccc1.[NaH]. The molecule has 0 radical (unpaired) electrons. The van der Waals surface area contributed by atoms with E-state index in [0.717, 1.165) is 0 Å². The molecule has 1 N–H and O–H groups in total. The molecular weight excluding hydrogens is 227 g/mol. The Morgan fingerprint density at radius 2 is 1.80 bits per heavy atom. The zero-order valence-corrected chi connectivity index (χ0v) is 8.40. The van der Waals surface area contributed by atoms with Gasteiger partial charge in [-0.1, -0.05) is 18.2 Å². The van der Waals surface area contributed by atoms with Crippen molar-refractivity contribution in [2.75, 3.05) is 12.4 Å². The molecule has 0 aromatic heterocycles. The van der Waals surface area contributed by atoms with Gasteiger partial charge < -0.3 is 4.74 Å². The second-order valence-corrected chi connectivity index (χ2v) is 4.37. The van der Waals surface area contributed by atoms with Crippen LogP contribution in [0.1, 0.15) is 6.42 Å². The van der Waals surface area contributed by atoms with Gasteiger partial charge in [0.25, 0.3) is 10.1 Å². The van der Waals surface area contributed by atoms with Gasteiger partial charge in [-0.3, -0.25) is 4.55 Å². The van der Waals surface area contributed by atoms with E-state index >= 15 is 0 Å². The molecule has 0 atom stereocenters. The maximum atomic E-state index is 10.3. The first-order valence-electron chi connectivity index (χ1n) is 4.21. The Bertz CT molecular complexity index is 363. The first-order valence-corrected chi connectivity index (χ1v) is 5.82. The Morgan fingerprint density at radius 1 is 1.20 bits per heavy atom. The van der Waals surface area contributed by atoms with Crippen LogP contribution in [-0.2, 0) is 10.1 Å². The van der Waals surface area contributed by atoms with Gasteiger partial charge in [0.2, 0.25) is 0 Å². The third kappa shape index (κ3) is 7.81. The fraction of sp³-hybridized carbons (Fsp3) is 0.333. The molecule has 0 aliphatic heterocycles. The normalized spacial score (nSPS) is 10.5. The van der Waals surface area contributed by atoms with Crippen molar-refractivity contribution in [3.63, 3.8) is 0 Å². The zero-order valence-electron chi connectivity index (χ0n) is 7.59. The molecular formula is C9H13NaO4S. The van der Waals surface area contributed by atoms with Gasteiger partial charge in [0.1, 0.15) is 5.75 Å². The van der Waals surface area contributed by atoms with E-state index in [1.807, 2.05) is 18.2 Å². The Morgan fingerprint density at radius 3 is 2.33 bits per heavy atom. The second-order valence-electron chi connectivity index (χ2n) is 2.80. The van der Waals surface area contributed by atoms with E-state index in [2.05, 4.69) is 0 Å². The molecule has 1 aromatic rings. The number of para-hydroxylation sites is 1. The summed E-state index contributed by atoms with van der Waals surface area (Å²) in [5.41, 5.74) is 0. The van der Waals surface area contributed by atoms with Crippen LogP contribution in [0.4, 0.5) is 0 Å². The standard InChI is InChI=1S/C9H12O4S.Na.H/c10-14(11,12)8-4-7-13-9-5-2-1-3-6-9;;/h1-3,5-6H,4,7-8H2,(H,10,11,12);;. The van der Waals surface area contributed by atoms with Gasteiger partial charge in [-0.25, -0.2) is 0 Å². The summed E-state index contributed by atoms with van der Waals surface area (Å²) in [6, 6.07) is 9.10. The van der Waals surface area contributed by atoms with E-state index in [0.29, 0.717) is 5.75 Å². The molecule has 0 spiro atoms. The monoisotopic (exact) mass is 240 g/mol. The van der Waals surface area contributed by atoms with Crippen molar-refractivity contribution in [3.05, 3.63) is 30.3 Å². The summed E-state index contributed by atoms with van der Waals surface area (Å²) >= 11 is 0. The van der Waals surface area contributed by atoms with Crippen molar-refractivity contribution in [1.29, 1.82) is 0 Å². The molecule has 0 fully saturated rings. The van der Waals surface area contributed by atoms with E-state index < -0.39 is 10.1 Å². The molecule has 0 aliphatic rings. The predicted octanol–water partition coefficient (Wildman–Crippen LogP) is 0.695. The van der Waals surface area contributed by atoms with E-state index in [4.69, 9.17) is 9.29 Å². The van der Waals surface area contributed by atoms with Gasteiger partial charge in [0.15, 0.2) is 0 Å². The first-order chi connectivity index (χ1) is 6.58. The van der Waals surface area contributed by atoms with Crippen LogP contribution in [0.25, 0.3) is 0 Å². The average Bonchev–Trinajstić information content (AvgIpc) is 2.13. The van der Waals surface area contributed by atoms with Crippen molar-refractivity contribution in [2.45, 2.75) is 6.42 Å².